The van der Waals surface area contributed by atoms with E-state index < -0.39 is 5.91 Å². The second kappa shape index (κ2) is 7.31. The molecule has 3 N–H and O–H groups in total. The molecule has 22 heavy (non-hydrogen) atoms. The van der Waals surface area contributed by atoms with E-state index in [4.69, 9.17) is 4.74 Å². The molecule has 2 rings (SSSR count). The Kier molecular flexibility index (Phi) is 5.19. The van der Waals surface area contributed by atoms with Crippen LogP contribution in [0.1, 0.15) is 28.0 Å². The highest BCUT2D eigenvalue weighted by Gasteiger charge is 2.07. The van der Waals surface area contributed by atoms with Crippen LogP contribution in [0.4, 0.5) is 0 Å². The van der Waals surface area contributed by atoms with Gasteiger partial charge in [-0.2, -0.15) is 0 Å². The summed E-state index contributed by atoms with van der Waals surface area (Å²) in [5.74, 6) is 0.0171. The third-order valence-electron chi connectivity index (χ3n) is 3.23. The number of ether oxygens (including phenoxy) is 1. The highest BCUT2D eigenvalue weighted by atomic mass is 16.5. The number of rotatable bonds is 5. The molecule has 2 aromatic rings. The largest absolute Gasteiger partial charge is 0.493 e. The van der Waals surface area contributed by atoms with Gasteiger partial charge in [-0.15, -0.1) is 0 Å². The second-order valence-electron chi connectivity index (χ2n) is 4.93. The highest BCUT2D eigenvalue weighted by Crippen LogP contribution is 2.16. The van der Waals surface area contributed by atoms with E-state index in [0.717, 1.165) is 11.3 Å². The molecular weight excluding hydrogens is 282 g/mol. The molecule has 1 aromatic carbocycles. The molecule has 1 aromatic heterocycles. The number of carbonyl (C=O) groups excluding carboxylic acids is 2. The normalized spacial score (nSPS) is 10.1. The summed E-state index contributed by atoms with van der Waals surface area (Å²) in [6.07, 6.45) is 1.78. The number of aromatic nitrogens is 1. The first-order valence-corrected chi connectivity index (χ1v) is 6.99. The number of hydrogen-bond donors (Lipinski definition) is 3. The monoisotopic (exact) mass is 301 g/mol. The van der Waals surface area contributed by atoms with Crippen LogP contribution >= 0.6 is 0 Å². The zero-order valence-electron chi connectivity index (χ0n) is 12.6. The quantitative estimate of drug-likeness (QED) is 0.737. The Morgan fingerprint density at radius 2 is 1.95 bits per heavy atom. The van der Waals surface area contributed by atoms with Crippen LogP contribution in [-0.4, -0.2) is 23.4 Å². The molecule has 116 valence electrons. The summed E-state index contributed by atoms with van der Waals surface area (Å²) >= 11 is 0. The van der Waals surface area contributed by atoms with E-state index in [0.29, 0.717) is 5.69 Å². The van der Waals surface area contributed by atoms with Crippen molar-refractivity contribution in [1.29, 1.82) is 0 Å². The number of nitrogens with one attached hydrogen (secondary N) is 3. The molecule has 0 radical (unpaired) electrons. The molecule has 0 spiro atoms. The molecule has 0 aliphatic heterocycles. The van der Waals surface area contributed by atoms with Gasteiger partial charge in [0.25, 0.3) is 5.91 Å². The van der Waals surface area contributed by atoms with Crippen molar-refractivity contribution in [3.8, 4) is 5.75 Å². The zero-order valence-corrected chi connectivity index (χ0v) is 12.6. The number of benzene rings is 1. The fraction of sp³-hybridized carbons (Fsp3) is 0.250. The molecule has 0 saturated carbocycles. The Morgan fingerprint density at radius 1 is 1.14 bits per heavy atom. The Morgan fingerprint density at radius 3 is 2.64 bits per heavy atom. The van der Waals surface area contributed by atoms with Crippen LogP contribution in [0.15, 0.2) is 36.5 Å². The lowest BCUT2D eigenvalue weighted by atomic mass is 10.1. The first-order chi connectivity index (χ1) is 10.6. The molecule has 6 heteroatoms. The van der Waals surface area contributed by atoms with Crippen molar-refractivity contribution in [2.45, 2.75) is 20.3 Å². The van der Waals surface area contributed by atoms with Gasteiger partial charge in [0.05, 0.1) is 13.0 Å². The summed E-state index contributed by atoms with van der Waals surface area (Å²) in [6.45, 7) is 4.27. The second-order valence-corrected chi connectivity index (χ2v) is 4.93. The first-order valence-electron chi connectivity index (χ1n) is 6.99. The molecule has 0 aliphatic rings. The summed E-state index contributed by atoms with van der Waals surface area (Å²) in [5.41, 5.74) is 7.38. The maximum Gasteiger partial charge on any atom is 0.286 e. The average Bonchev–Trinajstić information content (AvgIpc) is 3.03. The Hall–Kier alpha value is -2.76. The van der Waals surface area contributed by atoms with E-state index in [1.54, 1.807) is 18.3 Å². The Bertz CT molecular complexity index is 651. The predicted octanol–water partition coefficient (Wildman–Crippen LogP) is 1.86. The SMILES string of the molecule is Cc1ccc(OCCC(=O)NNC(=O)c2ccc[nH]2)cc1C. The van der Waals surface area contributed by atoms with Crippen molar-refractivity contribution in [3.63, 3.8) is 0 Å². The molecule has 0 fully saturated rings. The van der Waals surface area contributed by atoms with Gasteiger partial charge in [0.2, 0.25) is 5.91 Å². The van der Waals surface area contributed by atoms with Crippen LogP contribution in [0.25, 0.3) is 0 Å². The molecule has 0 aliphatic carbocycles. The number of hydrogen-bond acceptors (Lipinski definition) is 3. The van der Waals surface area contributed by atoms with Gasteiger partial charge in [-0.05, 0) is 49.2 Å². The van der Waals surface area contributed by atoms with Crippen LogP contribution in [0, 0.1) is 13.8 Å². The van der Waals surface area contributed by atoms with Gasteiger partial charge in [-0.3, -0.25) is 20.4 Å². The molecule has 0 atom stereocenters. The van der Waals surface area contributed by atoms with Gasteiger partial charge >= 0.3 is 0 Å². The Balaban J connectivity index is 1.69. The lowest BCUT2D eigenvalue weighted by Gasteiger charge is -2.09. The number of aryl methyl sites for hydroxylation is 2. The maximum atomic E-state index is 11.6. The summed E-state index contributed by atoms with van der Waals surface area (Å²) in [6, 6.07) is 9.09. The number of hydrazine groups is 1. The third kappa shape index (κ3) is 4.37. The minimum atomic E-state index is -0.395. The Labute approximate surface area is 128 Å². The van der Waals surface area contributed by atoms with Crippen LogP contribution in [0.5, 0.6) is 5.75 Å². The van der Waals surface area contributed by atoms with E-state index in [1.807, 2.05) is 32.0 Å². The molecule has 0 bridgehead atoms. The molecule has 0 saturated heterocycles. The van der Waals surface area contributed by atoms with Crippen molar-refractivity contribution in [3.05, 3.63) is 53.3 Å². The van der Waals surface area contributed by atoms with Gasteiger partial charge in [-0.25, -0.2) is 0 Å². The molecule has 6 nitrogen and oxygen atoms in total. The summed E-state index contributed by atoms with van der Waals surface area (Å²) in [7, 11) is 0. The number of H-pyrrole nitrogens is 1. The fourth-order valence-corrected chi connectivity index (χ4v) is 1.79. The van der Waals surface area contributed by atoms with Crippen molar-refractivity contribution in [2.24, 2.45) is 0 Å². The predicted molar refractivity (Wildman–Crippen MR) is 82.4 cm³/mol. The number of amides is 2. The van der Waals surface area contributed by atoms with E-state index in [2.05, 4.69) is 15.8 Å². The van der Waals surface area contributed by atoms with Crippen molar-refractivity contribution < 1.29 is 14.3 Å². The van der Waals surface area contributed by atoms with E-state index in [9.17, 15) is 9.59 Å². The van der Waals surface area contributed by atoms with Crippen molar-refractivity contribution in [2.75, 3.05) is 6.61 Å². The van der Waals surface area contributed by atoms with Crippen molar-refractivity contribution >= 4 is 11.8 Å². The minimum absolute atomic E-state index is 0.151. The summed E-state index contributed by atoms with van der Waals surface area (Å²) < 4.78 is 5.51. The lowest BCUT2D eigenvalue weighted by molar-refractivity contribution is -0.122. The standard InChI is InChI=1S/C16H19N3O3/c1-11-5-6-13(10-12(11)2)22-9-7-15(20)18-19-16(21)14-4-3-8-17-14/h3-6,8,10,17H,7,9H2,1-2H3,(H,18,20)(H,19,21). The fourth-order valence-electron chi connectivity index (χ4n) is 1.79. The first kappa shape index (κ1) is 15.6. The van der Waals surface area contributed by atoms with E-state index in [-0.39, 0.29) is 18.9 Å². The van der Waals surface area contributed by atoms with Crippen LogP contribution < -0.4 is 15.6 Å². The van der Waals surface area contributed by atoms with Crippen molar-refractivity contribution in [1.82, 2.24) is 15.8 Å². The summed E-state index contributed by atoms with van der Waals surface area (Å²) in [5, 5.41) is 0. The van der Waals surface area contributed by atoms with Gasteiger partial charge in [0.1, 0.15) is 11.4 Å². The third-order valence-corrected chi connectivity index (χ3v) is 3.23. The van der Waals surface area contributed by atoms with E-state index >= 15 is 0 Å². The smallest absolute Gasteiger partial charge is 0.286 e. The zero-order chi connectivity index (χ0) is 15.9. The molecule has 2 amide bonds. The van der Waals surface area contributed by atoms with Gasteiger partial charge in [-0.1, -0.05) is 6.07 Å². The number of carbonyl (C=O) groups is 2. The summed E-state index contributed by atoms with van der Waals surface area (Å²) in [4.78, 5) is 25.9. The lowest BCUT2D eigenvalue weighted by Crippen LogP contribution is -2.42. The average molecular weight is 301 g/mol. The van der Waals surface area contributed by atoms with Crippen LogP contribution in [0.3, 0.4) is 0 Å². The molecular formula is C16H19N3O3. The van der Waals surface area contributed by atoms with Gasteiger partial charge in [0.15, 0.2) is 0 Å². The van der Waals surface area contributed by atoms with Crippen LogP contribution in [0.2, 0.25) is 0 Å². The van der Waals surface area contributed by atoms with Gasteiger partial charge in [0, 0.05) is 6.20 Å². The number of aromatic amines is 1. The van der Waals surface area contributed by atoms with Gasteiger partial charge < -0.3 is 9.72 Å². The highest BCUT2D eigenvalue weighted by molar-refractivity contribution is 5.93. The molecule has 0 unspecified atom stereocenters. The topological polar surface area (TPSA) is 83.2 Å². The van der Waals surface area contributed by atoms with E-state index in [1.165, 1.54) is 5.56 Å². The maximum absolute atomic E-state index is 11.6. The van der Waals surface area contributed by atoms with Crippen LogP contribution in [-0.2, 0) is 4.79 Å². The molecule has 1 heterocycles. The minimum Gasteiger partial charge on any atom is -0.493 e.